The topological polar surface area (TPSA) is 49.2 Å². The van der Waals surface area contributed by atoms with E-state index in [1.54, 1.807) is 19.4 Å². The molecule has 0 saturated carbocycles. The number of hydrogen-bond acceptors (Lipinski definition) is 5. The van der Waals surface area contributed by atoms with Crippen molar-refractivity contribution in [2.45, 2.75) is 19.4 Å². The van der Waals surface area contributed by atoms with Gasteiger partial charge >= 0.3 is 0 Å². The monoisotopic (exact) mass is 187 g/mol. The van der Waals surface area contributed by atoms with Crippen LogP contribution in [0.1, 0.15) is 13.8 Å². The summed E-state index contributed by atoms with van der Waals surface area (Å²) >= 11 is 1.46. The number of aliphatic hydroxyl groups is 1. The average molecular weight is 187 g/mol. The Labute approximate surface area is 75.9 Å². The van der Waals surface area contributed by atoms with Crippen LogP contribution in [0.5, 0.6) is 0 Å². The lowest BCUT2D eigenvalue weighted by atomic mass is 10.1. The van der Waals surface area contributed by atoms with E-state index in [-0.39, 0.29) is 0 Å². The molecule has 0 radical (unpaired) electrons. The zero-order chi connectivity index (χ0) is 9.19. The van der Waals surface area contributed by atoms with Crippen LogP contribution in [0.15, 0.2) is 5.51 Å². The molecule has 0 unspecified atom stereocenters. The van der Waals surface area contributed by atoms with Crippen molar-refractivity contribution in [3.63, 3.8) is 0 Å². The van der Waals surface area contributed by atoms with E-state index in [0.29, 0.717) is 6.54 Å². The van der Waals surface area contributed by atoms with Crippen LogP contribution in [0.2, 0.25) is 0 Å². The second-order valence-electron chi connectivity index (χ2n) is 3.39. The molecule has 12 heavy (non-hydrogen) atoms. The van der Waals surface area contributed by atoms with Gasteiger partial charge < -0.3 is 10.0 Å². The highest BCUT2D eigenvalue weighted by atomic mass is 32.1. The minimum atomic E-state index is -0.694. The zero-order valence-corrected chi connectivity index (χ0v) is 8.30. The summed E-state index contributed by atoms with van der Waals surface area (Å²) in [6.45, 7) is 4.09. The van der Waals surface area contributed by atoms with Crippen molar-refractivity contribution in [3.05, 3.63) is 5.51 Å². The number of aromatic nitrogens is 2. The van der Waals surface area contributed by atoms with Crippen LogP contribution in [0.4, 0.5) is 5.13 Å². The van der Waals surface area contributed by atoms with Crippen LogP contribution in [0, 0.1) is 0 Å². The van der Waals surface area contributed by atoms with Gasteiger partial charge in [0.15, 0.2) is 0 Å². The minimum Gasteiger partial charge on any atom is -0.389 e. The highest BCUT2D eigenvalue weighted by molar-refractivity contribution is 7.13. The first-order valence-corrected chi connectivity index (χ1v) is 4.57. The number of anilines is 1. The van der Waals surface area contributed by atoms with Gasteiger partial charge in [0.05, 0.1) is 5.60 Å². The van der Waals surface area contributed by atoms with E-state index in [1.807, 2.05) is 11.9 Å². The molecule has 0 aromatic carbocycles. The molecule has 0 bridgehead atoms. The smallest absolute Gasteiger partial charge is 0.207 e. The average Bonchev–Trinajstić information content (AvgIpc) is 2.32. The van der Waals surface area contributed by atoms with Gasteiger partial charge in [-0.3, -0.25) is 0 Å². The van der Waals surface area contributed by atoms with Gasteiger partial charge in [-0.25, -0.2) is 0 Å². The Morgan fingerprint density at radius 2 is 2.33 bits per heavy atom. The highest BCUT2D eigenvalue weighted by Gasteiger charge is 2.17. The Balaban J connectivity index is 2.56. The quantitative estimate of drug-likeness (QED) is 0.758. The van der Waals surface area contributed by atoms with Gasteiger partial charge in [0.2, 0.25) is 5.13 Å². The summed E-state index contributed by atoms with van der Waals surface area (Å²) in [7, 11) is 1.89. The van der Waals surface area contributed by atoms with Crippen molar-refractivity contribution >= 4 is 16.5 Å². The molecule has 0 amide bonds. The maximum Gasteiger partial charge on any atom is 0.207 e. The van der Waals surface area contributed by atoms with Gasteiger partial charge in [-0.1, -0.05) is 11.3 Å². The minimum absolute atomic E-state index is 0.558. The molecule has 5 heteroatoms. The number of nitrogens with zero attached hydrogens (tertiary/aromatic N) is 3. The Kier molecular flexibility index (Phi) is 2.64. The van der Waals surface area contributed by atoms with Crippen LogP contribution in [0.3, 0.4) is 0 Å². The van der Waals surface area contributed by atoms with Crippen molar-refractivity contribution in [3.8, 4) is 0 Å². The van der Waals surface area contributed by atoms with Crippen molar-refractivity contribution < 1.29 is 5.11 Å². The van der Waals surface area contributed by atoms with E-state index in [0.717, 1.165) is 5.13 Å². The molecule has 0 spiro atoms. The van der Waals surface area contributed by atoms with E-state index in [2.05, 4.69) is 10.2 Å². The van der Waals surface area contributed by atoms with Crippen molar-refractivity contribution in [2.24, 2.45) is 0 Å². The van der Waals surface area contributed by atoms with E-state index in [1.165, 1.54) is 11.3 Å². The molecule has 1 N–H and O–H groups in total. The third-order valence-corrected chi connectivity index (χ3v) is 2.10. The van der Waals surface area contributed by atoms with Gasteiger partial charge in [-0.15, -0.1) is 10.2 Å². The Hall–Kier alpha value is -0.680. The molecule has 0 saturated heterocycles. The number of likely N-dealkylation sites (N-methyl/N-ethyl adjacent to an activating group) is 1. The predicted octanol–water partition coefficient (Wildman–Crippen LogP) is 0.745. The zero-order valence-electron chi connectivity index (χ0n) is 7.48. The second-order valence-corrected chi connectivity index (χ2v) is 4.20. The van der Waals surface area contributed by atoms with Crippen LogP contribution in [-0.4, -0.2) is 34.5 Å². The SMILES string of the molecule is CN(CC(C)(C)O)c1nncs1. The Bertz CT molecular complexity index is 229. The van der Waals surface area contributed by atoms with Crippen LogP contribution in [-0.2, 0) is 0 Å². The standard InChI is InChI=1S/C7H13N3OS/c1-7(2,11)4-10(3)6-9-8-5-12-6/h5,11H,4H2,1-3H3. The second kappa shape index (κ2) is 3.37. The first kappa shape index (κ1) is 9.41. The summed E-state index contributed by atoms with van der Waals surface area (Å²) in [6.07, 6.45) is 0. The van der Waals surface area contributed by atoms with Crippen molar-refractivity contribution in [2.75, 3.05) is 18.5 Å². The molecule has 0 aliphatic rings. The molecule has 0 aliphatic heterocycles. The lowest BCUT2D eigenvalue weighted by Gasteiger charge is -2.24. The molecule has 1 heterocycles. The first-order valence-electron chi connectivity index (χ1n) is 3.69. The van der Waals surface area contributed by atoms with Crippen molar-refractivity contribution in [1.82, 2.24) is 10.2 Å². The number of hydrogen-bond donors (Lipinski definition) is 1. The van der Waals surface area contributed by atoms with Crippen LogP contribution < -0.4 is 4.90 Å². The third kappa shape index (κ3) is 2.75. The summed E-state index contributed by atoms with van der Waals surface area (Å²) in [6, 6.07) is 0. The molecule has 68 valence electrons. The molecule has 4 nitrogen and oxygen atoms in total. The summed E-state index contributed by atoms with van der Waals surface area (Å²) in [5, 5.41) is 17.9. The van der Waals surface area contributed by atoms with Crippen molar-refractivity contribution in [1.29, 1.82) is 0 Å². The summed E-state index contributed by atoms with van der Waals surface area (Å²) in [4.78, 5) is 1.89. The van der Waals surface area contributed by atoms with Crippen LogP contribution in [0.25, 0.3) is 0 Å². The first-order chi connectivity index (χ1) is 5.49. The number of rotatable bonds is 3. The van der Waals surface area contributed by atoms with Gasteiger partial charge in [-0.2, -0.15) is 0 Å². The predicted molar refractivity (Wildman–Crippen MR) is 49.5 cm³/mol. The van der Waals surface area contributed by atoms with Gasteiger partial charge in [-0.05, 0) is 13.8 Å². The fourth-order valence-corrected chi connectivity index (χ4v) is 1.51. The van der Waals surface area contributed by atoms with Crippen LogP contribution >= 0.6 is 11.3 Å². The van der Waals surface area contributed by atoms with E-state index in [4.69, 9.17) is 0 Å². The Morgan fingerprint density at radius 3 is 2.75 bits per heavy atom. The molecular formula is C7H13N3OS. The largest absolute Gasteiger partial charge is 0.389 e. The summed E-state index contributed by atoms with van der Waals surface area (Å²) in [5.74, 6) is 0. The summed E-state index contributed by atoms with van der Waals surface area (Å²) in [5.41, 5.74) is 0.983. The summed E-state index contributed by atoms with van der Waals surface area (Å²) < 4.78 is 0. The lowest BCUT2D eigenvalue weighted by molar-refractivity contribution is 0.0886. The van der Waals surface area contributed by atoms with Gasteiger partial charge in [0.1, 0.15) is 5.51 Å². The van der Waals surface area contributed by atoms with E-state index in [9.17, 15) is 5.11 Å². The van der Waals surface area contributed by atoms with E-state index < -0.39 is 5.60 Å². The molecule has 0 aliphatic carbocycles. The molecular weight excluding hydrogens is 174 g/mol. The lowest BCUT2D eigenvalue weighted by Crippen LogP contribution is -2.36. The van der Waals surface area contributed by atoms with E-state index >= 15 is 0 Å². The fourth-order valence-electron chi connectivity index (χ4n) is 0.982. The van der Waals surface area contributed by atoms with Gasteiger partial charge in [0.25, 0.3) is 0 Å². The molecule has 0 fully saturated rings. The van der Waals surface area contributed by atoms with Gasteiger partial charge in [0, 0.05) is 13.6 Å². The molecule has 1 rings (SSSR count). The molecule has 1 aromatic rings. The molecule has 1 aromatic heterocycles. The highest BCUT2D eigenvalue weighted by Crippen LogP contribution is 2.16. The maximum absolute atomic E-state index is 9.50. The normalized spacial score (nSPS) is 11.7. The fraction of sp³-hybridized carbons (Fsp3) is 0.714. The Morgan fingerprint density at radius 1 is 1.67 bits per heavy atom. The molecule has 0 atom stereocenters. The third-order valence-electron chi connectivity index (χ3n) is 1.30. The maximum atomic E-state index is 9.50.